The van der Waals surface area contributed by atoms with Gasteiger partial charge in [-0.15, -0.1) is 0 Å². The molecule has 0 spiro atoms. The summed E-state index contributed by atoms with van der Waals surface area (Å²) in [6.07, 6.45) is 0.399. The fraction of sp³-hybridized carbons (Fsp3) is 0.250. The molecule has 104 valence electrons. The molecule has 0 aliphatic carbocycles. The maximum Gasteiger partial charge on any atom is 0.127 e. The van der Waals surface area contributed by atoms with Crippen molar-refractivity contribution in [1.29, 1.82) is 0 Å². The van der Waals surface area contributed by atoms with E-state index >= 15 is 0 Å². The van der Waals surface area contributed by atoms with Gasteiger partial charge in [0, 0.05) is 24.1 Å². The fourth-order valence-corrected chi connectivity index (χ4v) is 2.62. The van der Waals surface area contributed by atoms with Crippen molar-refractivity contribution in [2.75, 3.05) is 7.05 Å². The zero-order valence-corrected chi connectivity index (χ0v) is 11.1. The van der Waals surface area contributed by atoms with Crippen molar-refractivity contribution in [3.8, 4) is 5.75 Å². The summed E-state index contributed by atoms with van der Waals surface area (Å²) >= 11 is 0. The molecule has 0 bridgehead atoms. The second-order valence-corrected chi connectivity index (χ2v) is 4.92. The third-order valence-corrected chi connectivity index (χ3v) is 3.64. The molecule has 2 atom stereocenters. The van der Waals surface area contributed by atoms with Gasteiger partial charge in [0.1, 0.15) is 23.5 Å². The van der Waals surface area contributed by atoms with Crippen LogP contribution >= 0.6 is 0 Å². The Balaban J connectivity index is 1.97. The van der Waals surface area contributed by atoms with Gasteiger partial charge < -0.3 is 10.1 Å². The van der Waals surface area contributed by atoms with E-state index in [1.165, 1.54) is 24.3 Å². The summed E-state index contributed by atoms with van der Waals surface area (Å²) in [4.78, 5) is 0. The molecule has 1 aliphatic rings. The molecule has 0 saturated heterocycles. The molecule has 0 radical (unpaired) electrons. The average molecular weight is 275 g/mol. The molecule has 2 unspecified atom stereocenters. The molecular weight excluding hydrogens is 260 g/mol. The van der Waals surface area contributed by atoms with Gasteiger partial charge in [0.15, 0.2) is 0 Å². The summed E-state index contributed by atoms with van der Waals surface area (Å²) < 4.78 is 32.5. The number of ether oxygens (including phenoxy) is 1. The van der Waals surface area contributed by atoms with Gasteiger partial charge in [0.05, 0.1) is 0 Å². The third kappa shape index (κ3) is 2.39. The van der Waals surface area contributed by atoms with Crippen molar-refractivity contribution in [3.05, 3.63) is 65.2 Å². The Morgan fingerprint density at radius 2 is 1.90 bits per heavy atom. The van der Waals surface area contributed by atoms with Crippen molar-refractivity contribution < 1.29 is 13.5 Å². The molecule has 4 heteroatoms. The van der Waals surface area contributed by atoms with E-state index in [2.05, 4.69) is 5.32 Å². The lowest BCUT2D eigenvalue weighted by Crippen LogP contribution is -2.26. The summed E-state index contributed by atoms with van der Waals surface area (Å²) in [7, 11) is 1.85. The van der Waals surface area contributed by atoms with Crippen molar-refractivity contribution >= 4 is 0 Å². The number of benzene rings is 2. The van der Waals surface area contributed by atoms with Crippen molar-refractivity contribution in [2.45, 2.75) is 18.6 Å². The Morgan fingerprint density at radius 1 is 1.10 bits per heavy atom. The van der Waals surface area contributed by atoms with Crippen LogP contribution < -0.4 is 10.1 Å². The van der Waals surface area contributed by atoms with Crippen LogP contribution in [-0.2, 0) is 0 Å². The van der Waals surface area contributed by atoms with Crippen LogP contribution in [0.25, 0.3) is 0 Å². The van der Waals surface area contributed by atoms with E-state index in [1.807, 2.05) is 13.1 Å². The average Bonchev–Trinajstić information content (AvgIpc) is 2.45. The van der Waals surface area contributed by atoms with Crippen LogP contribution in [0.2, 0.25) is 0 Å². The first-order valence-electron chi connectivity index (χ1n) is 6.56. The van der Waals surface area contributed by atoms with E-state index in [9.17, 15) is 8.78 Å². The third-order valence-electron chi connectivity index (χ3n) is 3.64. The summed E-state index contributed by atoms with van der Waals surface area (Å²) in [5.41, 5.74) is 1.70. The maximum atomic E-state index is 13.4. The maximum absolute atomic E-state index is 13.4. The number of hydrogen-bond donors (Lipinski definition) is 1. The molecule has 20 heavy (non-hydrogen) atoms. The van der Waals surface area contributed by atoms with Crippen LogP contribution in [0.1, 0.15) is 29.7 Å². The van der Waals surface area contributed by atoms with E-state index in [4.69, 9.17) is 4.74 Å². The highest BCUT2D eigenvalue weighted by Crippen LogP contribution is 2.40. The normalized spacial score (nSPS) is 21.1. The van der Waals surface area contributed by atoms with Gasteiger partial charge in [-0.3, -0.25) is 0 Å². The Bertz CT molecular complexity index is 630. The second-order valence-electron chi connectivity index (χ2n) is 4.92. The van der Waals surface area contributed by atoms with Crippen LogP contribution in [0.3, 0.4) is 0 Å². The summed E-state index contributed by atoms with van der Waals surface area (Å²) in [5.74, 6) is -0.111. The topological polar surface area (TPSA) is 21.3 Å². The van der Waals surface area contributed by atoms with Gasteiger partial charge in [-0.25, -0.2) is 8.78 Å². The van der Waals surface area contributed by atoms with Gasteiger partial charge in [-0.05, 0) is 30.8 Å². The number of nitrogens with one attached hydrogen (secondary N) is 1. The zero-order valence-electron chi connectivity index (χ0n) is 11.1. The van der Waals surface area contributed by atoms with E-state index in [0.29, 0.717) is 12.2 Å². The van der Waals surface area contributed by atoms with Crippen LogP contribution in [-0.4, -0.2) is 7.05 Å². The van der Waals surface area contributed by atoms with Crippen molar-refractivity contribution in [2.24, 2.45) is 0 Å². The highest BCUT2D eigenvalue weighted by Gasteiger charge is 2.28. The molecule has 2 aromatic carbocycles. The molecule has 1 heterocycles. The predicted octanol–water partition coefficient (Wildman–Crippen LogP) is 3.75. The Morgan fingerprint density at radius 3 is 2.65 bits per heavy atom. The molecule has 2 aromatic rings. The summed E-state index contributed by atoms with van der Waals surface area (Å²) in [5, 5.41) is 3.20. The zero-order chi connectivity index (χ0) is 14.1. The van der Waals surface area contributed by atoms with E-state index in [1.54, 1.807) is 12.1 Å². The minimum Gasteiger partial charge on any atom is -0.485 e. The number of halogens is 2. The molecule has 0 fully saturated rings. The lowest BCUT2D eigenvalue weighted by Gasteiger charge is -2.32. The minimum atomic E-state index is -0.335. The molecule has 0 saturated carbocycles. The Kier molecular flexibility index (Phi) is 3.40. The van der Waals surface area contributed by atoms with E-state index < -0.39 is 0 Å². The van der Waals surface area contributed by atoms with E-state index in [-0.39, 0.29) is 23.8 Å². The molecule has 0 amide bonds. The molecule has 1 N–H and O–H groups in total. The van der Waals surface area contributed by atoms with Gasteiger partial charge in [-0.2, -0.15) is 0 Å². The Hall–Kier alpha value is -1.94. The van der Waals surface area contributed by atoms with Gasteiger partial charge in [0.25, 0.3) is 0 Å². The SMILES string of the molecule is CNC1CC(c2cccc(F)c2)Oc2cc(F)ccc21. The molecule has 1 aliphatic heterocycles. The first kappa shape index (κ1) is 13.1. The summed E-state index contributed by atoms with van der Waals surface area (Å²) in [6.45, 7) is 0. The number of rotatable bonds is 2. The largest absolute Gasteiger partial charge is 0.485 e. The number of fused-ring (bicyclic) bond motifs is 1. The molecule has 3 rings (SSSR count). The monoisotopic (exact) mass is 275 g/mol. The minimum absolute atomic E-state index is 0.0626. The number of hydrogen-bond acceptors (Lipinski definition) is 2. The first-order chi connectivity index (χ1) is 9.67. The lowest BCUT2D eigenvalue weighted by molar-refractivity contribution is 0.153. The smallest absolute Gasteiger partial charge is 0.127 e. The van der Waals surface area contributed by atoms with Crippen LogP contribution in [0.4, 0.5) is 8.78 Å². The van der Waals surface area contributed by atoms with Gasteiger partial charge in [-0.1, -0.05) is 18.2 Å². The fourth-order valence-electron chi connectivity index (χ4n) is 2.62. The van der Waals surface area contributed by atoms with Crippen LogP contribution in [0, 0.1) is 11.6 Å². The second kappa shape index (κ2) is 5.21. The lowest BCUT2D eigenvalue weighted by atomic mass is 9.93. The van der Waals surface area contributed by atoms with Gasteiger partial charge in [0.2, 0.25) is 0 Å². The molecule has 0 aromatic heterocycles. The molecule has 2 nitrogen and oxygen atoms in total. The highest BCUT2D eigenvalue weighted by atomic mass is 19.1. The Labute approximate surface area is 116 Å². The highest BCUT2D eigenvalue weighted by molar-refractivity contribution is 5.39. The van der Waals surface area contributed by atoms with Crippen LogP contribution in [0.5, 0.6) is 5.75 Å². The predicted molar refractivity (Wildman–Crippen MR) is 72.6 cm³/mol. The first-order valence-corrected chi connectivity index (χ1v) is 6.56. The summed E-state index contributed by atoms with van der Waals surface area (Å²) in [6, 6.07) is 10.9. The van der Waals surface area contributed by atoms with Crippen molar-refractivity contribution in [3.63, 3.8) is 0 Å². The molecular formula is C16H15F2NO. The van der Waals surface area contributed by atoms with Gasteiger partial charge >= 0.3 is 0 Å². The standard InChI is InChI=1S/C16H15F2NO/c1-19-14-9-15(10-3-2-4-11(17)7-10)20-16-8-12(18)5-6-13(14)16/h2-8,14-15,19H,9H2,1H3. The van der Waals surface area contributed by atoms with Crippen LogP contribution in [0.15, 0.2) is 42.5 Å². The quantitative estimate of drug-likeness (QED) is 0.901. The van der Waals surface area contributed by atoms with E-state index in [0.717, 1.165) is 11.1 Å². The van der Waals surface area contributed by atoms with Crippen molar-refractivity contribution in [1.82, 2.24) is 5.32 Å².